The second-order valence-electron chi connectivity index (χ2n) is 3.90. The van der Waals surface area contributed by atoms with Crippen LogP contribution in [0.4, 0.5) is 5.82 Å². The zero-order chi connectivity index (χ0) is 13.1. The molecule has 94 valence electrons. The molecular weight excluding hydrogens is 252 g/mol. The van der Waals surface area contributed by atoms with E-state index in [0.717, 1.165) is 12.0 Å². The molecule has 2 N–H and O–H groups in total. The number of rotatable bonds is 3. The summed E-state index contributed by atoms with van der Waals surface area (Å²) in [4.78, 5) is 16.1. The van der Waals surface area contributed by atoms with Crippen LogP contribution in [0, 0.1) is 6.92 Å². The first kappa shape index (κ1) is 12.6. The van der Waals surface area contributed by atoms with Crippen molar-refractivity contribution in [3.05, 3.63) is 40.3 Å². The molecular formula is C12H13ClN4O. The molecule has 0 aromatic carbocycles. The number of carbonyl (C=O) groups excluding carboxylic acids is 1. The van der Waals surface area contributed by atoms with Crippen molar-refractivity contribution in [3.8, 4) is 0 Å². The third-order valence-electron chi connectivity index (χ3n) is 2.52. The number of anilines is 1. The Morgan fingerprint density at radius 1 is 1.50 bits per heavy atom. The van der Waals surface area contributed by atoms with Crippen LogP contribution in [0.15, 0.2) is 18.3 Å². The van der Waals surface area contributed by atoms with Crippen LogP contribution in [0.3, 0.4) is 0 Å². The molecule has 0 unspecified atom stereocenters. The van der Waals surface area contributed by atoms with E-state index in [1.165, 1.54) is 6.07 Å². The van der Waals surface area contributed by atoms with E-state index in [-0.39, 0.29) is 5.91 Å². The molecule has 6 heteroatoms. The van der Waals surface area contributed by atoms with Crippen molar-refractivity contribution < 1.29 is 4.79 Å². The molecule has 0 saturated heterocycles. The van der Waals surface area contributed by atoms with E-state index in [9.17, 15) is 4.79 Å². The Kier molecular flexibility index (Phi) is 3.62. The summed E-state index contributed by atoms with van der Waals surface area (Å²) in [5, 5.41) is 9.73. The average Bonchev–Trinajstić information content (AvgIpc) is 2.75. The quantitative estimate of drug-likeness (QED) is 0.837. The van der Waals surface area contributed by atoms with Crippen LogP contribution in [-0.2, 0) is 6.42 Å². The molecule has 2 aromatic rings. The van der Waals surface area contributed by atoms with Crippen LogP contribution in [-0.4, -0.2) is 21.1 Å². The minimum Gasteiger partial charge on any atom is -0.307 e. The van der Waals surface area contributed by atoms with Gasteiger partial charge in [0.2, 0.25) is 0 Å². The predicted octanol–water partition coefficient (Wildman–Crippen LogP) is 2.58. The first-order valence-corrected chi connectivity index (χ1v) is 5.95. The van der Waals surface area contributed by atoms with Crippen molar-refractivity contribution in [2.24, 2.45) is 0 Å². The van der Waals surface area contributed by atoms with E-state index in [0.29, 0.717) is 22.2 Å². The van der Waals surface area contributed by atoms with Gasteiger partial charge in [0.25, 0.3) is 5.91 Å². The van der Waals surface area contributed by atoms with E-state index in [1.54, 1.807) is 19.2 Å². The Labute approximate surface area is 110 Å². The molecule has 0 aliphatic heterocycles. The SMILES string of the molecule is CCc1cn[nH]c1NC(=O)c1cc(C)nc(Cl)c1. The van der Waals surface area contributed by atoms with Crippen LogP contribution in [0.5, 0.6) is 0 Å². The highest BCUT2D eigenvalue weighted by Crippen LogP contribution is 2.15. The lowest BCUT2D eigenvalue weighted by molar-refractivity contribution is 0.102. The minimum absolute atomic E-state index is 0.235. The zero-order valence-electron chi connectivity index (χ0n) is 10.1. The number of aryl methyl sites for hydroxylation is 2. The average molecular weight is 265 g/mol. The number of hydrogen-bond acceptors (Lipinski definition) is 3. The van der Waals surface area contributed by atoms with Gasteiger partial charge in [0.1, 0.15) is 11.0 Å². The van der Waals surface area contributed by atoms with Gasteiger partial charge < -0.3 is 5.32 Å². The Morgan fingerprint density at radius 3 is 2.94 bits per heavy atom. The first-order valence-electron chi connectivity index (χ1n) is 5.58. The molecule has 0 radical (unpaired) electrons. The number of pyridine rings is 1. The van der Waals surface area contributed by atoms with Crippen LogP contribution in [0.25, 0.3) is 0 Å². The fraction of sp³-hybridized carbons (Fsp3) is 0.250. The van der Waals surface area contributed by atoms with Gasteiger partial charge in [0.15, 0.2) is 0 Å². The zero-order valence-corrected chi connectivity index (χ0v) is 10.9. The summed E-state index contributed by atoms with van der Waals surface area (Å²) in [6, 6.07) is 3.22. The van der Waals surface area contributed by atoms with Crippen molar-refractivity contribution in [2.75, 3.05) is 5.32 Å². The summed E-state index contributed by atoms with van der Waals surface area (Å²) in [5.74, 6) is 0.384. The van der Waals surface area contributed by atoms with Crippen molar-refractivity contribution in [2.45, 2.75) is 20.3 Å². The van der Waals surface area contributed by atoms with Gasteiger partial charge >= 0.3 is 0 Å². The molecule has 1 amide bonds. The van der Waals surface area contributed by atoms with E-state index >= 15 is 0 Å². The summed E-state index contributed by atoms with van der Waals surface area (Å²) in [6.07, 6.45) is 2.49. The highest BCUT2D eigenvalue weighted by molar-refractivity contribution is 6.29. The Balaban J connectivity index is 2.22. The van der Waals surface area contributed by atoms with Gasteiger partial charge in [0.05, 0.1) is 6.20 Å². The molecule has 0 aliphatic carbocycles. The van der Waals surface area contributed by atoms with E-state index < -0.39 is 0 Å². The maximum atomic E-state index is 12.0. The van der Waals surface area contributed by atoms with Crippen molar-refractivity contribution in [3.63, 3.8) is 0 Å². The van der Waals surface area contributed by atoms with E-state index in [2.05, 4.69) is 20.5 Å². The molecule has 5 nitrogen and oxygen atoms in total. The van der Waals surface area contributed by atoms with Crippen LogP contribution in [0.2, 0.25) is 5.15 Å². The number of nitrogens with zero attached hydrogens (tertiary/aromatic N) is 2. The number of hydrogen-bond donors (Lipinski definition) is 2. The number of aromatic amines is 1. The largest absolute Gasteiger partial charge is 0.307 e. The Morgan fingerprint density at radius 2 is 2.28 bits per heavy atom. The summed E-state index contributed by atoms with van der Waals surface area (Å²) in [7, 11) is 0. The summed E-state index contributed by atoms with van der Waals surface area (Å²) < 4.78 is 0. The topological polar surface area (TPSA) is 70.7 Å². The highest BCUT2D eigenvalue weighted by atomic mass is 35.5. The molecule has 0 saturated carbocycles. The summed E-state index contributed by atoms with van der Waals surface area (Å²) in [5.41, 5.74) is 2.14. The number of aromatic nitrogens is 3. The maximum absolute atomic E-state index is 12.0. The van der Waals surface area contributed by atoms with E-state index in [4.69, 9.17) is 11.6 Å². The summed E-state index contributed by atoms with van der Waals surface area (Å²) in [6.45, 7) is 3.78. The van der Waals surface area contributed by atoms with Gasteiger partial charge in [0, 0.05) is 16.8 Å². The van der Waals surface area contributed by atoms with Crippen molar-refractivity contribution >= 4 is 23.3 Å². The second kappa shape index (κ2) is 5.18. The number of halogens is 1. The fourth-order valence-corrected chi connectivity index (χ4v) is 1.88. The Hall–Kier alpha value is -1.88. The normalized spacial score (nSPS) is 10.4. The van der Waals surface area contributed by atoms with Crippen LogP contribution < -0.4 is 5.32 Å². The molecule has 18 heavy (non-hydrogen) atoms. The molecule has 0 atom stereocenters. The lowest BCUT2D eigenvalue weighted by Crippen LogP contribution is -2.13. The smallest absolute Gasteiger partial charge is 0.256 e. The molecule has 0 bridgehead atoms. The minimum atomic E-state index is -0.235. The third kappa shape index (κ3) is 2.68. The number of carbonyl (C=O) groups is 1. The molecule has 2 rings (SSSR count). The lowest BCUT2D eigenvalue weighted by Gasteiger charge is -2.05. The van der Waals surface area contributed by atoms with Gasteiger partial charge in [-0.1, -0.05) is 18.5 Å². The number of amides is 1. The van der Waals surface area contributed by atoms with Crippen LogP contribution in [0.1, 0.15) is 28.5 Å². The third-order valence-corrected chi connectivity index (χ3v) is 2.72. The van der Waals surface area contributed by atoms with Gasteiger partial charge in [-0.2, -0.15) is 5.10 Å². The molecule has 0 fully saturated rings. The summed E-state index contributed by atoms with van der Waals surface area (Å²) >= 11 is 5.82. The van der Waals surface area contributed by atoms with Gasteiger partial charge in [-0.3, -0.25) is 9.89 Å². The van der Waals surface area contributed by atoms with Crippen LogP contribution >= 0.6 is 11.6 Å². The monoisotopic (exact) mass is 264 g/mol. The van der Waals surface area contributed by atoms with Gasteiger partial charge in [-0.25, -0.2) is 4.98 Å². The van der Waals surface area contributed by atoms with Crippen molar-refractivity contribution in [1.29, 1.82) is 0 Å². The van der Waals surface area contributed by atoms with Gasteiger partial charge in [-0.05, 0) is 25.5 Å². The second-order valence-corrected chi connectivity index (χ2v) is 4.29. The first-order chi connectivity index (χ1) is 8.60. The van der Waals surface area contributed by atoms with Gasteiger partial charge in [-0.15, -0.1) is 0 Å². The standard InChI is InChI=1S/C12H13ClN4O/c1-3-8-6-14-17-11(8)16-12(18)9-4-7(2)15-10(13)5-9/h4-6H,3H2,1-2H3,(H2,14,16,17,18). The fourth-order valence-electron chi connectivity index (χ4n) is 1.63. The Bertz CT molecular complexity index is 559. The molecule has 0 aliphatic rings. The number of H-pyrrole nitrogens is 1. The van der Waals surface area contributed by atoms with E-state index in [1.807, 2.05) is 6.92 Å². The molecule has 2 heterocycles. The lowest BCUT2D eigenvalue weighted by atomic mass is 10.2. The predicted molar refractivity (Wildman–Crippen MR) is 69.9 cm³/mol. The maximum Gasteiger partial charge on any atom is 0.256 e. The molecule has 2 aromatic heterocycles. The van der Waals surface area contributed by atoms with Crippen molar-refractivity contribution in [1.82, 2.24) is 15.2 Å². The number of nitrogens with one attached hydrogen (secondary N) is 2. The molecule has 0 spiro atoms. The highest BCUT2D eigenvalue weighted by Gasteiger charge is 2.11.